The summed E-state index contributed by atoms with van der Waals surface area (Å²) < 4.78 is 6.11. The van der Waals surface area contributed by atoms with E-state index in [2.05, 4.69) is 10.4 Å². The van der Waals surface area contributed by atoms with E-state index in [4.69, 9.17) is 16.3 Å². The number of amides is 1. The minimum atomic E-state index is -0.721. The normalized spacial score (nSPS) is 11.7. The van der Waals surface area contributed by atoms with Crippen LogP contribution in [0.25, 0.3) is 0 Å². The van der Waals surface area contributed by atoms with Crippen molar-refractivity contribution in [2.24, 2.45) is 0 Å². The molecule has 0 saturated carbocycles. The maximum atomic E-state index is 12.0. The molecule has 27 heavy (non-hydrogen) atoms. The molecule has 1 atom stereocenters. The van der Waals surface area contributed by atoms with Gasteiger partial charge in [0, 0.05) is 5.02 Å². The van der Waals surface area contributed by atoms with Crippen molar-refractivity contribution in [1.82, 2.24) is 15.1 Å². The number of ether oxygens (including phenoxy) is 1. The molecule has 0 bridgehead atoms. The number of nitro groups is 1. The highest BCUT2D eigenvalue weighted by Gasteiger charge is 2.23. The Balaban J connectivity index is 1.87. The van der Waals surface area contributed by atoms with Crippen LogP contribution < -0.4 is 5.32 Å². The van der Waals surface area contributed by atoms with E-state index >= 15 is 0 Å². The van der Waals surface area contributed by atoms with Gasteiger partial charge >= 0.3 is 11.7 Å². The van der Waals surface area contributed by atoms with Crippen LogP contribution in [0.2, 0.25) is 5.02 Å². The molecule has 0 aliphatic carbocycles. The SMILES string of the molecule is Cc1nn(CC(=O)OCC(=O)N[C@@H](C)c2cccc(Cl)c2)c(C)c1[N+](=O)[O-]. The van der Waals surface area contributed by atoms with Gasteiger partial charge in [0.05, 0.1) is 11.0 Å². The van der Waals surface area contributed by atoms with Gasteiger partial charge in [0.25, 0.3) is 5.91 Å². The van der Waals surface area contributed by atoms with Gasteiger partial charge in [0.2, 0.25) is 0 Å². The van der Waals surface area contributed by atoms with Crippen molar-refractivity contribution >= 4 is 29.2 Å². The van der Waals surface area contributed by atoms with Crippen molar-refractivity contribution < 1.29 is 19.2 Å². The topological polar surface area (TPSA) is 116 Å². The third-order valence-electron chi connectivity index (χ3n) is 3.90. The predicted molar refractivity (Wildman–Crippen MR) is 97.3 cm³/mol. The molecule has 2 rings (SSSR count). The number of carbonyl (C=O) groups is 2. The first-order chi connectivity index (χ1) is 12.7. The highest BCUT2D eigenvalue weighted by Crippen LogP contribution is 2.21. The lowest BCUT2D eigenvalue weighted by Gasteiger charge is -2.14. The van der Waals surface area contributed by atoms with Crippen LogP contribution in [0.4, 0.5) is 5.69 Å². The summed E-state index contributed by atoms with van der Waals surface area (Å²) in [4.78, 5) is 34.3. The molecule has 2 aromatic rings. The van der Waals surface area contributed by atoms with Gasteiger partial charge in [-0.15, -0.1) is 0 Å². The van der Waals surface area contributed by atoms with Crippen LogP contribution in [0.15, 0.2) is 24.3 Å². The van der Waals surface area contributed by atoms with Crippen molar-refractivity contribution in [3.8, 4) is 0 Å². The zero-order valence-corrected chi connectivity index (χ0v) is 15.8. The van der Waals surface area contributed by atoms with Crippen LogP contribution in [0.5, 0.6) is 0 Å². The summed E-state index contributed by atoms with van der Waals surface area (Å²) in [6, 6.07) is 6.74. The zero-order valence-electron chi connectivity index (χ0n) is 15.1. The Morgan fingerprint density at radius 2 is 2.11 bits per heavy atom. The number of carbonyl (C=O) groups excluding carboxylic acids is 2. The maximum Gasteiger partial charge on any atom is 0.328 e. The molecule has 1 aromatic carbocycles. The van der Waals surface area contributed by atoms with Crippen molar-refractivity contribution in [3.05, 3.63) is 56.4 Å². The van der Waals surface area contributed by atoms with E-state index in [0.29, 0.717) is 5.02 Å². The summed E-state index contributed by atoms with van der Waals surface area (Å²) in [6.45, 7) is 3.96. The second kappa shape index (κ2) is 8.63. The number of aromatic nitrogens is 2. The molecule has 10 heteroatoms. The number of hydrogen-bond donors (Lipinski definition) is 1. The van der Waals surface area contributed by atoms with Gasteiger partial charge in [0.1, 0.15) is 17.9 Å². The molecule has 0 radical (unpaired) electrons. The number of hydrogen-bond acceptors (Lipinski definition) is 6. The van der Waals surface area contributed by atoms with Gasteiger partial charge in [-0.3, -0.25) is 24.4 Å². The fourth-order valence-corrected chi connectivity index (χ4v) is 2.76. The number of esters is 1. The molecule has 0 aliphatic heterocycles. The van der Waals surface area contributed by atoms with Crippen LogP contribution in [0, 0.1) is 24.0 Å². The van der Waals surface area contributed by atoms with Gasteiger partial charge in [0.15, 0.2) is 6.61 Å². The lowest BCUT2D eigenvalue weighted by molar-refractivity contribution is -0.386. The Morgan fingerprint density at radius 3 is 2.70 bits per heavy atom. The summed E-state index contributed by atoms with van der Waals surface area (Å²) in [5, 5.41) is 18.2. The maximum absolute atomic E-state index is 12.0. The van der Waals surface area contributed by atoms with Gasteiger partial charge < -0.3 is 10.1 Å². The van der Waals surface area contributed by atoms with Crippen molar-refractivity contribution in [2.45, 2.75) is 33.4 Å². The fraction of sp³-hybridized carbons (Fsp3) is 0.353. The first kappa shape index (κ1) is 20.4. The minimum Gasteiger partial charge on any atom is -0.454 e. The zero-order chi connectivity index (χ0) is 20.1. The quantitative estimate of drug-likeness (QED) is 0.438. The number of rotatable bonds is 7. The van der Waals surface area contributed by atoms with Gasteiger partial charge in [-0.05, 0) is 38.5 Å². The Morgan fingerprint density at radius 1 is 1.41 bits per heavy atom. The summed E-state index contributed by atoms with van der Waals surface area (Å²) in [6.07, 6.45) is 0. The average Bonchev–Trinajstić information content (AvgIpc) is 2.86. The van der Waals surface area contributed by atoms with Crippen molar-refractivity contribution in [1.29, 1.82) is 0 Å². The molecule has 0 unspecified atom stereocenters. The van der Waals surface area contributed by atoms with E-state index in [9.17, 15) is 19.7 Å². The van der Waals surface area contributed by atoms with Crippen LogP contribution in [-0.4, -0.2) is 33.2 Å². The van der Waals surface area contributed by atoms with Crippen LogP contribution in [-0.2, 0) is 20.9 Å². The lowest BCUT2D eigenvalue weighted by Crippen LogP contribution is -2.31. The Labute approximate surface area is 160 Å². The summed E-state index contributed by atoms with van der Waals surface area (Å²) in [5.41, 5.74) is 1.12. The Kier molecular flexibility index (Phi) is 6.51. The largest absolute Gasteiger partial charge is 0.454 e. The smallest absolute Gasteiger partial charge is 0.328 e. The molecule has 0 spiro atoms. The van der Waals surface area contributed by atoms with Crippen LogP contribution in [0.1, 0.15) is 29.9 Å². The van der Waals surface area contributed by atoms with E-state index in [0.717, 1.165) is 5.56 Å². The first-order valence-corrected chi connectivity index (χ1v) is 8.45. The van der Waals surface area contributed by atoms with E-state index in [1.165, 1.54) is 18.5 Å². The molecule has 0 saturated heterocycles. The molecular formula is C17H19ClN4O5. The molecule has 1 N–H and O–H groups in total. The van der Waals surface area contributed by atoms with E-state index in [1.807, 2.05) is 6.07 Å². The van der Waals surface area contributed by atoms with Crippen molar-refractivity contribution in [3.63, 3.8) is 0 Å². The molecule has 1 heterocycles. The second-order valence-corrected chi connectivity index (χ2v) is 6.38. The highest BCUT2D eigenvalue weighted by atomic mass is 35.5. The molecule has 9 nitrogen and oxygen atoms in total. The van der Waals surface area contributed by atoms with Gasteiger partial charge in [-0.1, -0.05) is 23.7 Å². The van der Waals surface area contributed by atoms with E-state index in [-0.39, 0.29) is 29.7 Å². The van der Waals surface area contributed by atoms with Crippen molar-refractivity contribution in [2.75, 3.05) is 6.61 Å². The minimum absolute atomic E-state index is 0.143. The molecule has 144 valence electrons. The predicted octanol–water partition coefficient (Wildman–Crippen LogP) is 2.48. The average molecular weight is 395 g/mol. The molecule has 1 amide bonds. The standard InChI is InChI=1S/C17H19ClN4O5/c1-10(13-5-4-6-14(18)7-13)19-15(23)9-27-16(24)8-21-12(3)17(22(25)26)11(2)20-21/h4-7,10H,8-9H2,1-3H3,(H,19,23)/t10-/m0/s1. The lowest BCUT2D eigenvalue weighted by atomic mass is 10.1. The molecule has 0 aliphatic rings. The highest BCUT2D eigenvalue weighted by molar-refractivity contribution is 6.30. The third-order valence-corrected chi connectivity index (χ3v) is 4.13. The fourth-order valence-electron chi connectivity index (χ4n) is 2.56. The number of nitrogens with one attached hydrogen (secondary N) is 1. The first-order valence-electron chi connectivity index (χ1n) is 8.08. The molecule has 0 fully saturated rings. The number of nitrogens with zero attached hydrogens (tertiary/aromatic N) is 3. The summed E-state index contributed by atoms with van der Waals surface area (Å²) in [5.74, 6) is -1.20. The monoisotopic (exact) mass is 394 g/mol. The van der Waals surface area contributed by atoms with E-state index in [1.54, 1.807) is 25.1 Å². The Bertz CT molecular complexity index is 880. The number of aryl methyl sites for hydroxylation is 1. The van der Waals surface area contributed by atoms with Crippen LogP contribution in [0.3, 0.4) is 0 Å². The molecular weight excluding hydrogens is 376 g/mol. The molecule has 1 aromatic heterocycles. The summed E-state index contributed by atoms with van der Waals surface area (Å²) >= 11 is 5.92. The van der Waals surface area contributed by atoms with Crippen LogP contribution >= 0.6 is 11.6 Å². The summed E-state index contributed by atoms with van der Waals surface area (Å²) in [7, 11) is 0. The number of benzene rings is 1. The van der Waals surface area contributed by atoms with Gasteiger partial charge in [-0.2, -0.15) is 5.10 Å². The second-order valence-electron chi connectivity index (χ2n) is 5.94. The van der Waals surface area contributed by atoms with Gasteiger partial charge in [-0.25, -0.2) is 0 Å². The third kappa shape index (κ3) is 5.27. The number of halogens is 1. The Hall–Kier alpha value is -2.94. The van der Waals surface area contributed by atoms with E-state index < -0.39 is 23.4 Å².